The van der Waals surface area contributed by atoms with E-state index < -0.39 is 23.4 Å². The summed E-state index contributed by atoms with van der Waals surface area (Å²) in [5, 5.41) is 17.5. The van der Waals surface area contributed by atoms with Crippen LogP contribution >= 0.6 is 11.6 Å². The van der Waals surface area contributed by atoms with E-state index >= 15 is 0 Å². The minimum absolute atomic E-state index is 0.0979. The maximum Gasteiger partial charge on any atom is 0.258 e. The third kappa shape index (κ3) is 1.96. The fourth-order valence-electron chi connectivity index (χ4n) is 2.24. The zero-order chi connectivity index (χ0) is 13.6. The van der Waals surface area contributed by atoms with Gasteiger partial charge in [-0.1, -0.05) is 11.6 Å². The first-order valence-electron chi connectivity index (χ1n) is 5.73. The monoisotopic (exact) mass is 285 g/mol. The van der Waals surface area contributed by atoms with Crippen molar-refractivity contribution in [1.82, 2.24) is 0 Å². The smallest absolute Gasteiger partial charge is 0.258 e. The first-order valence-corrected chi connectivity index (χ1v) is 6.11. The fraction of sp³-hybridized carbons (Fsp3) is 0.600. The van der Waals surface area contributed by atoms with Gasteiger partial charge in [0.05, 0.1) is 18.8 Å². The second-order valence-electron chi connectivity index (χ2n) is 4.46. The largest absolute Gasteiger partial charge is 0.394 e. The zero-order valence-electron chi connectivity index (χ0n) is 9.77. The third-order valence-electron chi connectivity index (χ3n) is 3.12. The molecule has 0 radical (unpaired) electrons. The average molecular weight is 286 g/mol. The predicted octanol–water partition coefficient (Wildman–Crippen LogP) is -1.36. The van der Waals surface area contributed by atoms with E-state index in [-0.39, 0.29) is 24.7 Å². The SMILES string of the molecule is NC1=NC(Cl)([C@@H]2O[C@H](CO)C[C@H]2O)N=C2N=CN=C12. The van der Waals surface area contributed by atoms with E-state index in [0.29, 0.717) is 5.71 Å². The molecule has 3 aliphatic heterocycles. The van der Waals surface area contributed by atoms with Crippen LogP contribution in [0.4, 0.5) is 0 Å². The van der Waals surface area contributed by atoms with Gasteiger partial charge in [-0.3, -0.25) is 0 Å². The Morgan fingerprint density at radius 2 is 2.32 bits per heavy atom. The molecule has 1 saturated heterocycles. The number of rotatable bonds is 2. The van der Waals surface area contributed by atoms with Crippen molar-refractivity contribution in [2.24, 2.45) is 25.7 Å². The van der Waals surface area contributed by atoms with Crippen molar-refractivity contribution >= 4 is 35.3 Å². The molecule has 0 bridgehead atoms. The number of aliphatic hydroxyl groups is 2. The van der Waals surface area contributed by atoms with Crippen molar-refractivity contribution in [3.8, 4) is 0 Å². The van der Waals surface area contributed by atoms with E-state index in [9.17, 15) is 5.11 Å². The van der Waals surface area contributed by atoms with Crippen LogP contribution in [-0.4, -0.2) is 64.0 Å². The summed E-state index contributed by atoms with van der Waals surface area (Å²) in [5.74, 6) is 0.367. The highest BCUT2D eigenvalue weighted by Crippen LogP contribution is 2.37. The minimum atomic E-state index is -1.58. The molecule has 3 aliphatic rings. The Hall–Kier alpha value is -1.35. The Morgan fingerprint density at radius 1 is 1.53 bits per heavy atom. The van der Waals surface area contributed by atoms with Gasteiger partial charge in [-0.2, -0.15) is 0 Å². The van der Waals surface area contributed by atoms with Gasteiger partial charge in [0.2, 0.25) is 0 Å². The molecule has 0 spiro atoms. The second kappa shape index (κ2) is 4.34. The molecule has 0 amide bonds. The van der Waals surface area contributed by atoms with Gasteiger partial charge in [-0.05, 0) is 0 Å². The van der Waals surface area contributed by atoms with Crippen LogP contribution in [0.25, 0.3) is 0 Å². The third-order valence-corrected chi connectivity index (χ3v) is 3.50. The molecular formula is C10H12ClN5O3. The number of aliphatic imine (C=N–C) groups is 4. The lowest BCUT2D eigenvalue weighted by Gasteiger charge is -2.29. The normalized spacial score (nSPS) is 40.8. The second-order valence-corrected chi connectivity index (χ2v) is 5.01. The Kier molecular flexibility index (Phi) is 2.90. The summed E-state index contributed by atoms with van der Waals surface area (Å²) in [6, 6.07) is 0. The van der Waals surface area contributed by atoms with Crippen LogP contribution in [0.1, 0.15) is 6.42 Å². The van der Waals surface area contributed by atoms with Gasteiger partial charge in [-0.15, -0.1) is 0 Å². The first-order chi connectivity index (χ1) is 9.03. The molecule has 8 nitrogen and oxygen atoms in total. The number of ether oxygens (including phenoxy) is 1. The van der Waals surface area contributed by atoms with Crippen LogP contribution in [0.3, 0.4) is 0 Å². The summed E-state index contributed by atoms with van der Waals surface area (Å²) in [6.45, 7) is -0.207. The van der Waals surface area contributed by atoms with E-state index in [1.54, 1.807) is 0 Å². The number of aliphatic hydroxyl groups excluding tert-OH is 2. The molecule has 3 heterocycles. The van der Waals surface area contributed by atoms with Crippen molar-refractivity contribution < 1.29 is 14.9 Å². The molecule has 0 aromatic rings. The molecule has 0 aromatic heterocycles. The van der Waals surface area contributed by atoms with Crippen molar-refractivity contribution in [3.05, 3.63) is 0 Å². The highest BCUT2D eigenvalue weighted by Gasteiger charge is 2.50. The number of hydrogen-bond acceptors (Lipinski definition) is 8. The number of nitrogens with two attached hydrogens (primary N) is 1. The molecule has 102 valence electrons. The molecule has 0 aromatic carbocycles. The number of hydrogen-bond donors (Lipinski definition) is 3. The molecular weight excluding hydrogens is 274 g/mol. The molecule has 0 aliphatic carbocycles. The number of nitrogens with zero attached hydrogens (tertiary/aromatic N) is 4. The van der Waals surface area contributed by atoms with Crippen LogP contribution in [0.2, 0.25) is 0 Å². The molecule has 9 heteroatoms. The lowest BCUT2D eigenvalue weighted by Crippen LogP contribution is -2.47. The van der Waals surface area contributed by atoms with E-state index in [1.165, 1.54) is 6.34 Å². The van der Waals surface area contributed by atoms with Gasteiger partial charge in [0.15, 0.2) is 17.4 Å². The number of amidine groups is 2. The van der Waals surface area contributed by atoms with E-state index in [0.717, 1.165) is 0 Å². The first kappa shape index (κ1) is 12.7. The molecule has 0 saturated carbocycles. The zero-order valence-corrected chi connectivity index (χ0v) is 10.5. The van der Waals surface area contributed by atoms with Gasteiger partial charge in [0, 0.05) is 6.42 Å². The fourth-order valence-corrected chi connectivity index (χ4v) is 2.61. The summed E-state index contributed by atoms with van der Waals surface area (Å²) in [4.78, 5) is 16.0. The van der Waals surface area contributed by atoms with E-state index in [4.69, 9.17) is 27.2 Å². The molecule has 3 rings (SSSR count). The van der Waals surface area contributed by atoms with Gasteiger partial charge < -0.3 is 20.7 Å². The molecule has 4 atom stereocenters. The van der Waals surface area contributed by atoms with E-state index in [2.05, 4.69) is 20.0 Å². The maximum absolute atomic E-state index is 9.97. The molecule has 19 heavy (non-hydrogen) atoms. The van der Waals surface area contributed by atoms with Crippen LogP contribution in [-0.2, 0) is 4.74 Å². The van der Waals surface area contributed by atoms with Crippen molar-refractivity contribution in [2.75, 3.05) is 6.61 Å². The van der Waals surface area contributed by atoms with Crippen molar-refractivity contribution in [1.29, 1.82) is 0 Å². The summed E-state index contributed by atoms with van der Waals surface area (Å²) in [7, 11) is 0. The van der Waals surface area contributed by atoms with Gasteiger partial charge in [0.25, 0.3) is 5.12 Å². The molecule has 4 N–H and O–H groups in total. The van der Waals surface area contributed by atoms with Crippen LogP contribution in [0.5, 0.6) is 0 Å². The highest BCUT2D eigenvalue weighted by atomic mass is 35.5. The Bertz CT molecular complexity index is 531. The standard InChI is InChI=1S/C10H12ClN5O3/c11-10(7-5(18)1-4(2-17)19-7)15-8(12)6-9(16-10)14-3-13-6/h3-5,7,17-18H,1-2H2,(H2,12,15)/t4-,5+,7+,10?/m0/s1. The maximum atomic E-state index is 9.97. The van der Waals surface area contributed by atoms with Crippen LogP contribution < -0.4 is 5.73 Å². The quantitative estimate of drug-likeness (QED) is 0.428. The Labute approximate surface area is 113 Å². The minimum Gasteiger partial charge on any atom is -0.394 e. The highest BCUT2D eigenvalue weighted by molar-refractivity contribution is 6.71. The molecule has 1 unspecified atom stereocenters. The van der Waals surface area contributed by atoms with Gasteiger partial charge in [-0.25, -0.2) is 20.0 Å². The summed E-state index contributed by atoms with van der Waals surface area (Å²) in [6.07, 6.45) is -0.703. The van der Waals surface area contributed by atoms with Crippen LogP contribution in [0.15, 0.2) is 20.0 Å². The lowest BCUT2D eigenvalue weighted by molar-refractivity contribution is -0.0284. The van der Waals surface area contributed by atoms with Crippen molar-refractivity contribution in [3.63, 3.8) is 0 Å². The van der Waals surface area contributed by atoms with Gasteiger partial charge in [0.1, 0.15) is 12.4 Å². The number of halogens is 1. The summed E-state index contributed by atoms with van der Waals surface area (Å²) >= 11 is 6.31. The Morgan fingerprint density at radius 3 is 3.00 bits per heavy atom. The van der Waals surface area contributed by atoms with Crippen molar-refractivity contribution in [2.45, 2.75) is 29.9 Å². The van der Waals surface area contributed by atoms with Gasteiger partial charge >= 0.3 is 0 Å². The summed E-state index contributed by atoms with van der Waals surface area (Å²) < 4.78 is 5.47. The number of fused-ring (bicyclic) bond motifs is 1. The predicted molar refractivity (Wildman–Crippen MR) is 69.9 cm³/mol. The van der Waals surface area contributed by atoms with Crippen LogP contribution in [0, 0.1) is 0 Å². The average Bonchev–Trinajstić information content (AvgIpc) is 2.95. The molecule has 1 fully saturated rings. The Balaban J connectivity index is 1.94. The number of alkyl halides is 1. The van der Waals surface area contributed by atoms with E-state index in [1.807, 2.05) is 0 Å². The lowest BCUT2D eigenvalue weighted by atomic mass is 10.1. The topological polar surface area (TPSA) is 125 Å². The summed E-state index contributed by atoms with van der Waals surface area (Å²) in [5.41, 5.74) is 6.13.